The van der Waals surface area contributed by atoms with Crippen LogP contribution in [0.5, 0.6) is 5.88 Å². The van der Waals surface area contributed by atoms with Crippen molar-refractivity contribution in [3.05, 3.63) is 57.7 Å². The molecular formula is C16H17ClN2O. The SMILES string of the molecule is NCc1cc2c(nc1OCc1ccc(Cl)cc1)CCC2. The zero-order valence-corrected chi connectivity index (χ0v) is 12.0. The predicted molar refractivity (Wildman–Crippen MR) is 79.9 cm³/mol. The fourth-order valence-corrected chi connectivity index (χ4v) is 2.63. The smallest absolute Gasteiger partial charge is 0.218 e. The molecule has 0 bridgehead atoms. The van der Waals surface area contributed by atoms with E-state index >= 15 is 0 Å². The van der Waals surface area contributed by atoms with Gasteiger partial charge in [0.05, 0.1) is 0 Å². The number of hydrogen-bond acceptors (Lipinski definition) is 3. The maximum atomic E-state index is 5.87. The standard InChI is InChI=1S/C16H17ClN2O/c17-14-6-4-11(5-7-14)10-20-16-13(9-18)8-12-2-1-3-15(12)19-16/h4-8H,1-3,9-10,18H2. The number of ether oxygens (including phenoxy) is 1. The minimum absolute atomic E-state index is 0.455. The second kappa shape index (κ2) is 5.81. The minimum atomic E-state index is 0.455. The molecule has 2 N–H and O–H groups in total. The van der Waals surface area contributed by atoms with Crippen LogP contribution in [0.25, 0.3) is 0 Å². The van der Waals surface area contributed by atoms with E-state index in [2.05, 4.69) is 11.1 Å². The highest BCUT2D eigenvalue weighted by atomic mass is 35.5. The first-order valence-corrected chi connectivity index (χ1v) is 7.23. The molecule has 104 valence electrons. The average Bonchev–Trinajstić information content (AvgIpc) is 2.92. The molecule has 0 aliphatic heterocycles. The molecule has 2 aromatic rings. The van der Waals surface area contributed by atoms with E-state index in [1.54, 1.807) is 0 Å². The van der Waals surface area contributed by atoms with E-state index in [1.165, 1.54) is 12.0 Å². The summed E-state index contributed by atoms with van der Waals surface area (Å²) in [6.07, 6.45) is 3.32. The van der Waals surface area contributed by atoms with Gasteiger partial charge < -0.3 is 10.5 Å². The summed E-state index contributed by atoms with van der Waals surface area (Å²) in [5.41, 5.74) is 10.3. The Bertz CT molecular complexity index is 611. The topological polar surface area (TPSA) is 48.1 Å². The summed E-state index contributed by atoms with van der Waals surface area (Å²) in [4.78, 5) is 4.63. The summed E-state index contributed by atoms with van der Waals surface area (Å²) < 4.78 is 5.85. The molecule has 3 rings (SSSR count). The highest BCUT2D eigenvalue weighted by Crippen LogP contribution is 2.27. The number of hydrogen-bond donors (Lipinski definition) is 1. The second-order valence-electron chi connectivity index (χ2n) is 5.03. The van der Waals surface area contributed by atoms with E-state index in [-0.39, 0.29) is 0 Å². The van der Waals surface area contributed by atoms with E-state index in [9.17, 15) is 0 Å². The van der Waals surface area contributed by atoms with Crippen molar-refractivity contribution < 1.29 is 4.74 Å². The monoisotopic (exact) mass is 288 g/mol. The Kier molecular flexibility index (Phi) is 3.90. The Morgan fingerprint density at radius 3 is 2.75 bits per heavy atom. The fourth-order valence-electron chi connectivity index (χ4n) is 2.50. The lowest BCUT2D eigenvalue weighted by atomic mass is 10.1. The number of aryl methyl sites for hydroxylation is 2. The Hall–Kier alpha value is -1.58. The molecule has 0 spiro atoms. The molecule has 1 aromatic carbocycles. The number of halogens is 1. The molecule has 20 heavy (non-hydrogen) atoms. The third kappa shape index (κ3) is 2.79. The molecule has 0 radical (unpaired) electrons. The molecule has 1 heterocycles. The molecule has 3 nitrogen and oxygen atoms in total. The molecule has 0 saturated carbocycles. The Morgan fingerprint density at radius 2 is 2.00 bits per heavy atom. The molecule has 0 amide bonds. The lowest BCUT2D eigenvalue weighted by Crippen LogP contribution is -2.06. The van der Waals surface area contributed by atoms with Gasteiger partial charge in [0.15, 0.2) is 0 Å². The van der Waals surface area contributed by atoms with Crippen molar-refractivity contribution in [2.75, 3.05) is 0 Å². The summed E-state index contributed by atoms with van der Waals surface area (Å²) in [5.74, 6) is 0.670. The number of pyridine rings is 1. The van der Waals surface area contributed by atoms with E-state index < -0.39 is 0 Å². The van der Waals surface area contributed by atoms with Crippen molar-refractivity contribution in [1.29, 1.82) is 0 Å². The van der Waals surface area contributed by atoms with Crippen LogP contribution in [0, 0.1) is 0 Å². The molecule has 1 aliphatic carbocycles. The van der Waals surface area contributed by atoms with Crippen molar-refractivity contribution in [3.63, 3.8) is 0 Å². The third-order valence-electron chi connectivity index (χ3n) is 3.60. The third-order valence-corrected chi connectivity index (χ3v) is 3.85. The largest absolute Gasteiger partial charge is 0.473 e. The van der Waals surface area contributed by atoms with Gasteiger partial charge in [0.1, 0.15) is 6.61 Å². The fraction of sp³-hybridized carbons (Fsp3) is 0.312. The van der Waals surface area contributed by atoms with Crippen molar-refractivity contribution in [3.8, 4) is 5.88 Å². The summed E-state index contributed by atoms with van der Waals surface area (Å²) >= 11 is 5.87. The van der Waals surface area contributed by atoms with Gasteiger partial charge in [-0.3, -0.25) is 0 Å². The molecule has 0 atom stereocenters. The highest BCUT2D eigenvalue weighted by molar-refractivity contribution is 6.30. The van der Waals surface area contributed by atoms with Crippen molar-refractivity contribution in [2.45, 2.75) is 32.4 Å². The normalized spacial score (nSPS) is 13.3. The van der Waals surface area contributed by atoms with Gasteiger partial charge in [-0.15, -0.1) is 0 Å². The highest BCUT2D eigenvalue weighted by Gasteiger charge is 2.16. The average molecular weight is 289 g/mol. The lowest BCUT2D eigenvalue weighted by Gasteiger charge is -2.12. The molecule has 0 saturated heterocycles. The molecule has 1 aliphatic rings. The number of aromatic nitrogens is 1. The first-order valence-electron chi connectivity index (χ1n) is 6.85. The van der Waals surface area contributed by atoms with Gasteiger partial charge in [-0.2, -0.15) is 0 Å². The Balaban J connectivity index is 1.78. The van der Waals surface area contributed by atoms with Gasteiger partial charge in [-0.1, -0.05) is 23.7 Å². The minimum Gasteiger partial charge on any atom is -0.473 e. The maximum absolute atomic E-state index is 5.87. The molecule has 1 aromatic heterocycles. The van der Waals surface area contributed by atoms with Crippen LogP contribution in [0.2, 0.25) is 5.02 Å². The van der Waals surface area contributed by atoms with Crippen LogP contribution in [-0.4, -0.2) is 4.98 Å². The maximum Gasteiger partial charge on any atom is 0.218 e. The van der Waals surface area contributed by atoms with Gasteiger partial charge in [0, 0.05) is 22.8 Å². The van der Waals surface area contributed by atoms with Crippen molar-refractivity contribution in [2.24, 2.45) is 5.73 Å². The zero-order valence-electron chi connectivity index (χ0n) is 11.2. The van der Waals surface area contributed by atoms with Crippen molar-refractivity contribution >= 4 is 11.6 Å². The van der Waals surface area contributed by atoms with Crippen LogP contribution in [0.1, 0.15) is 28.8 Å². The van der Waals surface area contributed by atoms with Crippen LogP contribution in [-0.2, 0) is 26.0 Å². The number of fused-ring (bicyclic) bond motifs is 1. The summed E-state index contributed by atoms with van der Waals surface area (Å²) in [5, 5.41) is 0.729. The van der Waals surface area contributed by atoms with E-state index in [4.69, 9.17) is 22.1 Å². The van der Waals surface area contributed by atoms with Crippen LogP contribution in [0.15, 0.2) is 30.3 Å². The lowest BCUT2D eigenvalue weighted by molar-refractivity contribution is 0.289. The predicted octanol–water partition coefficient (Wildman–Crippen LogP) is 3.26. The van der Waals surface area contributed by atoms with E-state index in [0.29, 0.717) is 19.0 Å². The van der Waals surface area contributed by atoms with Gasteiger partial charge in [0.25, 0.3) is 0 Å². The van der Waals surface area contributed by atoms with Gasteiger partial charge in [0.2, 0.25) is 5.88 Å². The van der Waals surface area contributed by atoms with Crippen LogP contribution in [0.3, 0.4) is 0 Å². The van der Waals surface area contributed by atoms with E-state index in [1.807, 2.05) is 24.3 Å². The molecule has 0 fully saturated rings. The quantitative estimate of drug-likeness (QED) is 0.939. The van der Waals surface area contributed by atoms with Crippen LogP contribution in [0.4, 0.5) is 0 Å². The summed E-state index contributed by atoms with van der Waals surface area (Å²) in [7, 11) is 0. The number of nitrogens with two attached hydrogens (primary N) is 1. The van der Waals surface area contributed by atoms with Crippen LogP contribution >= 0.6 is 11.6 Å². The molecule has 0 unspecified atom stereocenters. The summed E-state index contributed by atoms with van der Waals surface area (Å²) in [6, 6.07) is 9.78. The zero-order chi connectivity index (χ0) is 13.9. The van der Waals surface area contributed by atoms with E-state index in [0.717, 1.165) is 34.7 Å². The first kappa shape index (κ1) is 13.4. The van der Waals surface area contributed by atoms with Gasteiger partial charge in [-0.05, 0) is 48.6 Å². The Morgan fingerprint density at radius 1 is 1.20 bits per heavy atom. The van der Waals surface area contributed by atoms with Crippen LogP contribution < -0.4 is 10.5 Å². The van der Waals surface area contributed by atoms with Gasteiger partial charge >= 0.3 is 0 Å². The number of benzene rings is 1. The van der Waals surface area contributed by atoms with Crippen molar-refractivity contribution in [1.82, 2.24) is 4.98 Å². The number of nitrogens with zero attached hydrogens (tertiary/aromatic N) is 1. The Labute approximate surface area is 123 Å². The van der Waals surface area contributed by atoms with Gasteiger partial charge in [-0.25, -0.2) is 4.98 Å². The first-order chi connectivity index (χ1) is 9.76. The molecule has 4 heteroatoms. The summed E-state index contributed by atoms with van der Waals surface area (Å²) in [6.45, 7) is 0.937. The molecular weight excluding hydrogens is 272 g/mol. The number of rotatable bonds is 4. The second-order valence-corrected chi connectivity index (χ2v) is 5.47.